The summed E-state index contributed by atoms with van der Waals surface area (Å²) in [6.07, 6.45) is 1.47. The number of benzene rings is 2. The molecule has 0 aromatic heterocycles. The van der Waals surface area contributed by atoms with Crippen molar-refractivity contribution >= 4 is 16.3 Å². The molecule has 0 saturated heterocycles. The number of fused-ring (bicyclic) bond motifs is 1. The predicted molar refractivity (Wildman–Crippen MR) is 69.3 cm³/mol. The average molecular weight is 212 g/mol. The second kappa shape index (κ2) is 4.50. The van der Waals surface area contributed by atoms with Crippen LogP contribution in [-0.2, 0) is 0 Å². The summed E-state index contributed by atoms with van der Waals surface area (Å²) in [5.41, 5.74) is 2.28. The quantitative estimate of drug-likeness (QED) is 0.806. The van der Waals surface area contributed by atoms with E-state index in [2.05, 4.69) is 30.3 Å². The lowest BCUT2D eigenvalue weighted by atomic mass is 10.0. The highest BCUT2D eigenvalue weighted by molar-refractivity contribution is 5.86. The van der Waals surface area contributed by atoms with E-state index in [9.17, 15) is 5.11 Å². The van der Waals surface area contributed by atoms with Crippen molar-refractivity contribution in [1.82, 2.24) is 0 Å². The van der Waals surface area contributed by atoms with E-state index in [4.69, 9.17) is 0 Å². The first-order chi connectivity index (χ1) is 7.66. The SMILES string of the molecule is CC(=CC(C)O)c1ccc2ccccc2c1. The number of hydrogen-bond acceptors (Lipinski definition) is 1. The van der Waals surface area contributed by atoms with Crippen LogP contribution in [0.4, 0.5) is 0 Å². The number of allylic oxidation sites excluding steroid dienone is 1. The molecule has 1 heteroatoms. The Morgan fingerprint density at radius 3 is 2.50 bits per heavy atom. The maximum atomic E-state index is 9.32. The molecule has 0 aliphatic heterocycles. The van der Waals surface area contributed by atoms with Gasteiger partial charge in [-0.25, -0.2) is 0 Å². The molecule has 1 unspecified atom stereocenters. The summed E-state index contributed by atoms with van der Waals surface area (Å²) in [4.78, 5) is 0. The molecule has 0 aliphatic carbocycles. The van der Waals surface area contributed by atoms with Gasteiger partial charge in [0.1, 0.15) is 0 Å². The minimum absolute atomic E-state index is 0.397. The third-order valence-electron chi connectivity index (χ3n) is 2.70. The molecule has 1 atom stereocenters. The topological polar surface area (TPSA) is 20.2 Å². The van der Waals surface area contributed by atoms with E-state index in [1.54, 1.807) is 6.92 Å². The molecule has 0 aliphatic rings. The molecule has 0 heterocycles. The molecule has 0 fully saturated rings. The van der Waals surface area contributed by atoms with Gasteiger partial charge in [0.2, 0.25) is 0 Å². The van der Waals surface area contributed by atoms with Crippen LogP contribution in [0.2, 0.25) is 0 Å². The fourth-order valence-electron chi connectivity index (χ4n) is 1.89. The third-order valence-corrected chi connectivity index (χ3v) is 2.70. The Kier molecular flexibility index (Phi) is 3.07. The van der Waals surface area contributed by atoms with Gasteiger partial charge in [0, 0.05) is 0 Å². The van der Waals surface area contributed by atoms with Crippen molar-refractivity contribution in [2.45, 2.75) is 20.0 Å². The van der Waals surface area contributed by atoms with Crippen LogP contribution in [0.15, 0.2) is 48.5 Å². The lowest BCUT2D eigenvalue weighted by Crippen LogP contribution is -1.94. The van der Waals surface area contributed by atoms with Crippen LogP contribution < -0.4 is 0 Å². The van der Waals surface area contributed by atoms with Gasteiger partial charge in [0.15, 0.2) is 0 Å². The Morgan fingerprint density at radius 2 is 1.81 bits per heavy atom. The van der Waals surface area contributed by atoms with Crippen LogP contribution in [0.5, 0.6) is 0 Å². The fraction of sp³-hybridized carbons (Fsp3) is 0.200. The molecule has 0 amide bonds. The van der Waals surface area contributed by atoms with Crippen LogP contribution in [0.1, 0.15) is 19.4 Å². The second-order valence-corrected chi connectivity index (χ2v) is 4.15. The smallest absolute Gasteiger partial charge is 0.0698 e. The molecule has 0 saturated carbocycles. The van der Waals surface area contributed by atoms with E-state index in [0.29, 0.717) is 0 Å². The van der Waals surface area contributed by atoms with Crippen molar-refractivity contribution in [3.63, 3.8) is 0 Å². The third kappa shape index (κ3) is 2.31. The maximum absolute atomic E-state index is 9.32. The van der Waals surface area contributed by atoms with Crippen LogP contribution in [-0.4, -0.2) is 11.2 Å². The zero-order valence-corrected chi connectivity index (χ0v) is 9.64. The van der Waals surface area contributed by atoms with Crippen molar-refractivity contribution in [2.24, 2.45) is 0 Å². The van der Waals surface area contributed by atoms with Crippen LogP contribution >= 0.6 is 0 Å². The monoisotopic (exact) mass is 212 g/mol. The standard InChI is InChI=1S/C15H16O/c1-11(9-12(2)16)14-8-7-13-5-3-4-6-15(13)10-14/h3-10,12,16H,1-2H3. The molecule has 82 valence electrons. The van der Waals surface area contributed by atoms with Crippen molar-refractivity contribution in [1.29, 1.82) is 0 Å². The molecule has 2 aromatic rings. The first-order valence-corrected chi connectivity index (χ1v) is 5.52. The van der Waals surface area contributed by atoms with Gasteiger partial charge in [0.25, 0.3) is 0 Å². The maximum Gasteiger partial charge on any atom is 0.0698 e. The Hall–Kier alpha value is -1.60. The zero-order valence-electron chi connectivity index (χ0n) is 9.64. The molecule has 1 nitrogen and oxygen atoms in total. The van der Waals surface area contributed by atoms with E-state index in [1.807, 2.05) is 25.1 Å². The van der Waals surface area contributed by atoms with Gasteiger partial charge in [-0.3, -0.25) is 0 Å². The Balaban J connectivity index is 2.47. The van der Waals surface area contributed by atoms with Gasteiger partial charge >= 0.3 is 0 Å². The minimum atomic E-state index is -0.397. The average Bonchev–Trinajstić information content (AvgIpc) is 2.27. The normalized spacial score (nSPS) is 14.1. The first kappa shape index (κ1) is 10.9. The zero-order chi connectivity index (χ0) is 11.5. The van der Waals surface area contributed by atoms with Crippen molar-refractivity contribution in [3.8, 4) is 0 Å². The molecular weight excluding hydrogens is 196 g/mol. The van der Waals surface area contributed by atoms with E-state index in [1.165, 1.54) is 16.3 Å². The van der Waals surface area contributed by atoms with E-state index in [-0.39, 0.29) is 0 Å². The van der Waals surface area contributed by atoms with Gasteiger partial charge in [-0.2, -0.15) is 0 Å². The Bertz CT molecular complexity index is 524. The molecule has 0 spiro atoms. The number of aliphatic hydroxyl groups is 1. The number of hydrogen-bond donors (Lipinski definition) is 1. The highest BCUT2D eigenvalue weighted by Crippen LogP contribution is 2.21. The highest BCUT2D eigenvalue weighted by atomic mass is 16.3. The fourth-order valence-corrected chi connectivity index (χ4v) is 1.89. The molecule has 2 aromatic carbocycles. The van der Waals surface area contributed by atoms with E-state index < -0.39 is 6.10 Å². The molecule has 16 heavy (non-hydrogen) atoms. The highest BCUT2D eigenvalue weighted by Gasteiger charge is 1.99. The first-order valence-electron chi connectivity index (χ1n) is 5.52. The summed E-state index contributed by atoms with van der Waals surface area (Å²) >= 11 is 0. The summed E-state index contributed by atoms with van der Waals surface area (Å²) in [5, 5.41) is 11.8. The largest absolute Gasteiger partial charge is 0.389 e. The lowest BCUT2D eigenvalue weighted by Gasteiger charge is -2.05. The van der Waals surface area contributed by atoms with Gasteiger partial charge in [-0.1, -0.05) is 42.5 Å². The molecule has 0 bridgehead atoms. The molecular formula is C15H16O. The van der Waals surface area contributed by atoms with Crippen LogP contribution in [0, 0.1) is 0 Å². The summed E-state index contributed by atoms with van der Waals surface area (Å²) in [6, 6.07) is 14.7. The van der Waals surface area contributed by atoms with Crippen molar-refractivity contribution in [3.05, 3.63) is 54.1 Å². The van der Waals surface area contributed by atoms with Gasteiger partial charge < -0.3 is 5.11 Å². The molecule has 1 N–H and O–H groups in total. The van der Waals surface area contributed by atoms with Crippen LogP contribution in [0.3, 0.4) is 0 Å². The number of aliphatic hydroxyl groups excluding tert-OH is 1. The lowest BCUT2D eigenvalue weighted by molar-refractivity contribution is 0.244. The number of rotatable bonds is 2. The molecule has 2 rings (SSSR count). The van der Waals surface area contributed by atoms with Gasteiger partial charge in [-0.15, -0.1) is 0 Å². The minimum Gasteiger partial charge on any atom is -0.389 e. The summed E-state index contributed by atoms with van der Waals surface area (Å²) < 4.78 is 0. The van der Waals surface area contributed by atoms with Gasteiger partial charge in [0.05, 0.1) is 6.10 Å². The summed E-state index contributed by atoms with van der Waals surface area (Å²) in [6.45, 7) is 3.79. The second-order valence-electron chi connectivity index (χ2n) is 4.15. The van der Waals surface area contributed by atoms with Gasteiger partial charge in [-0.05, 0) is 41.8 Å². The van der Waals surface area contributed by atoms with E-state index >= 15 is 0 Å². The van der Waals surface area contributed by atoms with Crippen molar-refractivity contribution in [2.75, 3.05) is 0 Å². The molecule has 0 radical (unpaired) electrons. The van der Waals surface area contributed by atoms with Crippen LogP contribution in [0.25, 0.3) is 16.3 Å². The Labute approximate surface area is 96.0 Å². The van der Waals surface area contributed by atoms with E-state index in [0.717, 1.165) is 5.57 Å². The summed E-state index contributed by atoms with van der Waals surface area (Å²) in [7, 11) is 0. The Morgan fingerprint density at radius 1 is 1.12 bits per heavy atom. The van der Waals surface area contributed by atoms with Crippen molar-refractivity contribution < 1.29 is 5.11 Å². The predicted octanol–water partition coefficient (Wildman–Crippen LogP) is 3.62. The summed E-state index contributed by atoms with van der Waals surface area (Å²) in [5.74, 6) is 0.